The van der Waals surface area contributed by atoms with Gasteiger partial charge in [0, 0.05) is 31.4 Å². The first-order valence-corrected chi connectivity index (χ1v) is 7.75. The zero-order chi connectivity index (χ0) is 15.4. The van der Waals surface area contributed by atoms with Crippen LogP contribution in [0.5, 0.6) is 5.75 Å². The minimum absolute atomic E-state index is 0.0942. The van der Waals surface area contributed by atoms with Gasteiger partial charge >= 0.3 is 0 Å². The number of methoxy groups -OCH3 is 1. The Morgan fingerprint density at radius 1 is 1.48 bits per heavy atom. The molecular weight excluding hydrogens is 285 g/mol. The molecule has 6 heteroatoms. The maximum absolute atomic E-state index is 12.3. The highest BCUT2D eigenvalue weighted by Gasteiger charge is 2.19. The van der Waals surface area contributed by atoms with Crippen molar-refractivity contribution in [1.82, 2.24) is 9.99 Å². The van der Waals surface area contributed by atoms with Gasteiger partial charge in [0.05, 0.1) is 12.7 Å². The number of piperidine rings is 1. The van der Waals surface area contributed by atoms with Crippen LogP contribution < -0.4 is 15.8 Å². The largest absolute Gasteiger partial charge is 0.496 e. The highest BCUT2D eigenvalue weighted by Crippen LogP contribution is 2.25. The molecule has 1 aliphatic heterocycles. The molecule has 3 N–H and O–H groups in total. The van der Waals surface area contributed by atoms with Gasteiger partial charge in [-0.25, -0.2) is 0 Å². The summed E-state index contributed by atoms with van der Waals surface area (Å²) >= 11 is 0. The van der Waals surface area contributed by atoms with Crippen molar-refractivity contribution in [3.8, 4) is 5.75 Å². The van der Waals surface area contributed by atoms with Crippen molar-refractivity contribution in [1.29, 1.82) is 0 Å². The number of carbonyl (C=O) groups is 1. The van der Waals surface area contributed by atoms with E-state index >= 15 is 0 Å². The molecule has 1 unspecified atom stereocenters. The van der Waals surface area contributed by atoms with Crippen LogP contribution in [0.15, 0.2) is 12.1 Å². The average molecular weight is 309 g/mol. The number of nitrogens with zero attached hydrogens (tertiary/aromatic N) is 1. The molecule has 0 bridgehead atoms. The number of nitrogen functional groups attached to an aromatic ring is 1. The van der Waals surface area contributed by atoms with Gasteiger partial charge in [-0.1, -0.05) is 9.39 Å². The van der Waals surface area contributed by atoms with Crippen LogP contribution in [-0.2, 0) is 0 Å². The number of aryl methyl sites for hydroxylation is 1. The van der Waals surface area contributed by atoms with E-state index in [1.807, 2.05) is 6.92 Å². The number of amides is 1. The van der Waals surface area contributed by atoms with Crippen LogP contribution >= 0.6 is 9.39 Å². The van der Waals surface area contributed by atoms with Crippen molar-refractivity contribution < 1.29 is 9.53 Å². The van der Waals surface area contributed by atoms with E-state index in [4.69, 9.17) is 10.5 Å². The van der Waals surface area contributed by atoms with E-state index in [1.54, 1.807) is 19.2 Å². The number of ether oxygens (including phenoxy) is 1. The molecule has 1 fully saturated rings. The fourth-order valence-electron chi connectivity index (χ4n) is 2.54. The van der Waals surface area contributed by atoms with E-state index in [-0.39, 0.29) is 5.91 Å². The van der Waals surface area contributed by atoms with Gasteiger partial charge in [0.2, 0.25) is 0 Å². The molecule has 0 radical (unpaired) electrons. The predicted molar refractivity (Wildman–Crippen MR) is 88.5 cm³/mol. The number of rotatable bonds is 4. The Morgan fingerprint density at radius 2 is 2.14 bits per heavy atom. The molecule has 0 spiro atoms. The maximum Gasteiger partial charge on any atom is 0.255 e. The third-order valence-corrected chi connectivity index (χ3v) is 4.55. The molecule has 2 rings (SSSR count). The fraction of sp³-hybridized carbons (Fsp3) is 0.533. The number of benzene rings is 1. The molecule has 1 atom stereocenters. The second-order valence-corrected chi connectivity index (χ2v) is 6.33. The smallest absolute Gasteiger partial charge is 0.255 e. The molecule has 1 amide bonds. The van der Waals surface area contributed by atoms with Gasteiger partial charge in [0.25, 0.3) is 5.91 Å². The number of hydrogen-bond acceptors (Lipinski definition) is 4. The van der Waals surface area contributed by atoms with Crippen LogP contribution in [0.3, 0.4) is 0 Å². The number of anilines is 1. The van der Waals surface area contributed by atoms with Crippen LogP contribution in [0.25, 0.3) is 0 Å². The Bertz CT molecular complexity index is 514. The quantitative estimate of drug-likeness (QED) is 0.657. The molecule has 21 heavy (non-hydrogen) atoms. The molecule has 1 aromatic carbocycles. The summed E-state index contributed by atoms with van der Waals surface area (Å²) in [5, 5.41) is 3.02. The second kappa shape index (κ2) is 7.10. The predicted octanol–water partition coefficient (Wildman–Crippen LogP) is 1.82. The monoisotopic (exact) mass is 309 g/mol. The van der Waals surface area contributed by atoms with E-state index in [2.05, 4.69) is 19.4 Å². The van der Waals surface area contributed by atoms with Gasteiger partial charge in [-0.05, 0) is 37.3 Å². The van der Waals surface area contributed by atoms with Gasteiger partial charge in [-0.3, -0.25) is 9.46 Å². The lowest BCUT2D eigenvalue weighted by Gasteiger charge is -2.28. The highest BCUT2D eigenvalue weighted by molar-refractivity contribution is 7.13. The van der Waals surface area contributed by atoms with E-state index in [1.165, 1.54) is 0 Å². The van der Waals surface area contributed by atoms with Crippen molar-refractivity contribution in [2.75, 3.05) is 32.5 Å². The van der Waals surface area contributed by atoms with Gasteiger partial charge in [-0.2, -0.15) is 0 Å². The lowest BCUT2D eigenvalue weighted by molar-refractivity contribution is 0.0939. The Morgan fingerprint density at radius 3 is 2.76 bits per heavy atom. The normalized spacial score (nSPS) is 16.7. The molecule has 0 saturated carbocycles. The van der Waals surface area contributed by atoms with Crippen LogP contribution in [0.2, 0.25) is 0 Å². The summed E-state index contributed by atoms with van der Waals surface area (Å²) in [4.78, 5) is 12.3. The molecular formula is C15H24N3O2P. The first-order valence-electron chi connectivity index (χ1n) is 7.23. The van der Waals surface area contributed by atoms with Gasteiger partial charge in [0.15, 0.2) is 0 Å². The third-order valence-electron chi connectivity index (χ3n) is 4.03. The van der Waals surface area contributed by atoms with Gasteiger partial charge in [0.1, 0.15) is 5.75 Å². The number of nitrogens with one attached hydrogen (secondary N) is 1. The van der Waals surface area contributed by atoms with E-state index in [0.717, 1.165) is 31.5 Å². The average Bonchev–Trinajstić information content (AvgIpc) is 2.48. The van der Waals surface area contributed by atoms with E-state index < -0.39 is 0 Å². The lowest BCUT2D eigenvalue weighted by atomic mass is 9.98. The van der Waals surface area contributed by atoms with Crippen molar-refractivity contribution >= 4 is 21.0 Å². The molecule has 116 valence electrons. The highest BCUT2D eigenvalue weighted by atomic mass is 31.0. The topological polar surface area (TPSA) is 67.6 Å². The van der Waals surface area contributed by atoms with Crippen LogP contribution in [0, 0.1) is 12.8 Å². The molecule has 1 aliphatic rings. The first kappa shape index (κ1) is 16.1. The summed E-state index contributed by atoms with van der Waals surface area (Å²) in [5.41, 5.74) is 7.92. The van der Waals surface area contributed by atoms with Crippen LogP contribution in [0.1, 0.15) is 28.8 Å². The zero-order valence-corrected chi connectivity index (χ0v) is 13.8. The van der Waals surface area contributed by atoms with Gasteiger partial charge < -0.3 is 15.8 Å². The van der Waals surface area contributed by atoms with Crippen molar-refractivity contribution in [2.45, 2.75) is 19.8 Å². The minimum Gasteiger partial charge on any atom is -0.496 e. The van der Waals surface area contributed by atoms with Gasteiger partial charge in [-0.15, -0.1) is 0 Å². The first-order chi connectivity index (χ1) is 10.0. The molecule has 1 aromatic rings. The Hall–Kier alpha value is -1.32. The summed E-state index contributed by atoms with van der Waals surface area (Å²) in [6.45, 7) is 4.73. The Labute approximate surface area is 128 Å². The van der Waals surface area contributed by atoms with Crippen molar-refractivity contribution in [3.63, 3.8) is 0 Å². The number of hydrogen-bond donors (Lipinski definition) is 2. The molecule has 1 heterocycles. The summed E-state index contributed by atoms with van der Waals surface area (Å²) in [6, 6.07) is 3.49. The molecule has 5 nitrogen and oxygen atoms in total. The standard InChI is InChI=1S/C15H24N3O2P/c1-10-7-12(14(20-2)8-13(10)16)15(19)17-9-11-3-5-18(21)6-4-11/h7-8,11H,3-6,9,16,21H2,1-2H3,(H,17,19). The Kier molecular flexibility index (Phi) is 5.43. The van der Waals surface area contributed by atoms with Crippen molar-refractivity contribution in [3.05, 3.63) is 23.3 Å². The van der Waals surface area contributed by atoms with E-state index in [0.29, 0.717) is 29.5 Å². The summed E-state index contributed by atoms with van der Waals surface area (Å²) < 4.78 is 7.50. The SMILES string of the molecule is COc1cc(N)c(C)cc1C(=O)NCC1CCN(P)CC1. The lowest BCUT2D eigenvalue weighted by Crippen LogP contribution is -2.35. The van der Waals surface area contributed by atoms with Crippen LogP contribution in [0.4, 0.5) is 5.69 Å². The number of carbonyl (C=O) groups excluding carboxylic acids is 1. The Balaban J connectivity index is 1.98. The fourth-order valence-corrected chi connectivity index (χ4v) is 2.84. The summed E-state index contributed by atoms with van der Waals surface area (Å²) in [6.07, 6.45) is 2.23. The molecule has 1 saturated heterocycles. The summed E-state index contributed by atoms with van der Waals surface area (Å²) in [5.74, 6) is 0.977. The number of nitrogens with two attached hydrogens (primary N) is 1. The van der Waals surface area contributed by atoms with Crippen molar-refractivity contribution in [2.24, 2.45) is 5.92 Å². The summed E-state index contributed by atoms with van der Waals surface area (Å²) in [7, 11) is 4.29. The second-order valence-electron chi connectivity index (χ2n) is 5.60. The minimum atomic E-state index is -0.0942. The zero-order valence-electron chi connectivity index (χ0n) is 12.7. The van der Waals surface area contributed by atoms with E-state index in [9.17, 15) is 4.79 Å². The van der Waals surface area contributed by atoms with Crippen LogP contribution in [-0.4, -0.2) is 37.3 Å². The third kappa shape index (κ3) is 4.08. The molecule has 0 aliphatic carbocycles. The molecule has 0 aromatic heterocycles. The maximum atomic E-state index is 12.3.